The van der Waals surface area contributed by atoms with E-state index in [9.17, 15) is 9.18 Å². The molecule has 138 valence electrons. The van der Waals surface area contributed by atoms with Gasteiger partial charge in [-0.05, 0) is 18.6 Å². The summed E-state index contributed by atoms with van der Waals surface area (Å²) in [5.41, 5.74) is 0. The fraction of sp³-hybridized carbons (Fsp3) is 0.882. The van der Waals surface area contributed by atoms with Crippen LogP contribution in [-0.4, -0.2) is 32.8 Å². The third-order valence-corrected chi connectivity index (χ3v) is 3.90. The van der Waals surface area contributed by atoms with Gasteiger partial charge in [-0.1, -0.05) is 64.7 Å². The van der Waals surface area contributed by atoms with Crippen molar-refractivity contribution in [3.63, 3.8) is 0 Å². The molecule has 1 atom stereocenters. The predicted molar refractivity (Wildman–Crippen MR) is 90.1 cm³/mol. The summed E-state index contributed by atoms with van der Waals surface area (Å²) in [6.07, 6.45) is 10.5. The standard InChI is InChI=1S/C17H31FN4O2/c1-3-5-6-7-8-9-10-11-12-13-14-22-20-16(19-21-22)15(18)17(23)24-4-2/h15H,3-14H2,1-2H3. The van der Waals surface area contributed by atoms with E-state index in [4.69, 9.17) is 0 Å². The molecule has 1 heterocycles. The summed E-state index contributed by atoms with van der Waals surface area (Å²) in [4.78, 5) is 12.6. The zero-order valence-corrected chi connectivity index (χ0v) is 15.0. The highest BCUT2D eigenvalue weighted by molar-refractivity contribution is 5.75. The van der Waals surface area contributed by atoms with Gasteiger partial charge in [0.2, 0.25) is 5.82 Å². The lowest BCUT2D eigenvalue weighted by molar-refractivity contribution is -0.149. The number of ether oxygens (including phenoxy) is 1. The van der Waals surface area contributed by atoms with Gasteiger partial charge >= 0.3 is 5.97 Å². The monoisotopic (exact) mass is 342 g/mol. The van der Waals surface area contributed by atoms with Crippen LogP contribution in [0.1, 0.15) is 90.1 Å². The first-order chi connectivity index (χ1) is 11.7. The number of alkyl halides is 1. The van der Waals surface area contributed by atoms with Crippen LogP contribution in [0.2, 0.25) is 0 Å². The molecule has 7 heteroatoms. The average Bonchev–Trinajstić information content (AvgIpc) is 3.05. The van der Waals surface area contributed by atoms with Crippen molar-refractivity contribution in [3.8, 4) is 0 Å². The Morgan fingerprint density at radius 3 is 2.21 bits per heavy atom. The zero-order chi connectivity index (χ0) is 17.6. The third-order valence-electron chi connectivity index (χ3n) is 3.90. The molecule has 0 N–H and O–H groups in total. The van der Waals surface area contributed by atoms with Crippen molar-refractivity contribution in [2.45, 2.75) is 90.8 Å². The van der Waals surface area contributed by atoms with Gasteiger partial charge in [-0.3, -0.25) is 0 Å². The molecule has 0 bridgehead atoms. The Hall–Kier alpha value is -1.53. The Labute approximate surface area is 144 Å². The Morgan fingerprint density at radius 1 is 1.04 bits per heavy atom. The Bertz CT molecular complexity index is 454. The quantitative estimate of drug-likeness (QED) is 0.375. The third kappa shape index (κ3) is 8.36. The molecule has 1 unspecified atom stereocenters. The molecule has 1 rings (SSSR count). The van der Waals surface area contributed by atoms with Crippen molar-refractivity contribution in [3.05, 3.63) is 5.82 Å². The van der Waals surface area contributed by atoms with Crippen LogP contribution in [0.5, 0.6) is 0 Å². The normalized spacial score (nSPS) is 12.3. The average molecular weight is 342 g/mol. The second-order valence-corrected chi connectivity index (χ2v) is 6.04. The Morgan fingerprint density at radius 2 is 1.62 bits per heavy atom. The van der Waals surface area contributed by atoms with Crippen LogP contribution >= 0.6 is 0 Å². The maximum atomic E-state index is 13.7. The van der Waals surface area contributed by atoms with Gasteiger partial charge in [0.25, 0.3) is 6.17 Å². The topological polar surface area (TPSA) is 69.9 Å². The van der Waals surface area contributed by atoms with Gasteiger partial charge in [-0.15, -0.1) is 10.2 Å². The van der Waals surface area contributed by atoms with E-state index in [-0.39, 0.29) is 12.4 Å². The highest BCUT2D eigenvalue weighted by Crippen LogP contribution is 2.14. The van der Waals surface area contributed by atoms with Gasteiger partial charge in [0.1, 0.15) is 0 Å². The number of carbonyl (C=O) groups excluding carboxylic acids is 1. The highest BCUT2D eigenvalue weighted by atomic mass is 19.1. The summed E-state index contributed by atoms with van der Waals surface area (Å²) in [5, 5.41) is 11.3. The zero-order valence-electron chi connectivity index (χ0n) is 15.0. The van der Waals surface area contributed by atoms with E-state index in [1.807, 2.05) is 0 Å². The first kappa shape index (κ1) is 20.5. The lowest BCUT2D eigenvalue weighted by Crippen LogP contribution is -2.13. The van der Waals surface area contributed by atoms with Crippen LogP contribution in [0.3, 0.4) is 0 Å². The van der Waals surface area contributed by atoms with Crippen LogP contribution < -0.4 is 0 Å². The molecule has 0 aliphatic carbocycles. The molecule has 0 saturated carbocycles. The number of tetrazole rings is 1. The number of carbonyl (C=O) groups is 1. The summed E-state index contributed by atoms with van der Waals surface area (Å²) in [5.74, 6) is -1.18. The van der Waals surface area contributed by atoms with Crippen LogP contribution in [0.4, 0.5) is 4.39 Å². The number of esters is 1. The van der Waals surface area contributed by atoms with Gasteiger partial charge < -0.3 is 4.74 Å². The molecule has 0 radical (unpaired) electrons. The minimum absolute atomic E-state index is 0.131. The molecule has 0 spiro atoms. The summed E-state index contributed by atoms with van der Waals surface area (Å²) in [7, 11) is 0. The molecule has 0 aliphatic rings. The number of halogens is 1. The summed E-state index contributed by atoms with van der Waals surface area (Å²) in [6.45, 7) is 4.59. The van der Waals surface area contributed by atoms with Crippen molar-refractivity contribution in [1.82, 2.24) is 20.2 Å². The Kier molecular flexibility index (Phi) is 11.0. The van der Waals surface area contributed by atoms with Crippen molar-refractivity contribution < 1.29 is 13.9 Å². The fourth-order valence-corrected chi connectivity index (χ4v) is 2.51. The van der Waals surface area contributed by atoms with E-state index < -0.39 is 12.1 Å². The van der Waals surface area contributed by atoms with Crippen molar-refractivity contribution in [2.75, 3.05) is 6.61 Å². The van der Waals surface area contributed by atoms with E-state index in [2.05, 4.69) is 27.1 Å². The highest BCUT2D eigenvalue weighted by Gasteiger charge is 2.26. The molecule has 0 aliphatic heterocycles. The van der Waals surface area contributed by atoms with Gasteiger partial charge in [0, 0.05) is 0 Å². The van der Waals surface area contributed by atoms with E-state index >= 15 is 0 Å². The van der Waals surface area contributed by atoms with E-state index in [0.717, 1.165) is 12.8 Å². The van der Waals surface area contributed by atoms with E-state index in [1.165, 1.54) is 56.2 Å². The van der Waals surface area contributed by atoms with Crippen molar-refractivity contribution in [1.29, 1.82) is 0 Å². The van der Waals surface area contributed by atoms with Crippen LogP contribution in [0, 0.1) is 0 Å². The van der Waals surface area contributed by atoms with Crippen LogP contribution in [0.15, 0.2) is 0 Å². The van der Waals surface area contributed by atoms with Crippen molar-refractivity contribution >= 4 is 5.97 Å². The van der Waals surface area contributed by atoms with Crippen LogP contribution in [-0.2, 0) is 16.1 Å². The number of hydrogen-bond acceptors (Lipinski definition) is 5. The molecular weight excluding hydrogens is 311 g/mol. The first-order valence-corrected chi connectivity index (χ1v) is 9.27. The molecule has 1 aromatic heterocycles. The fourth-order valence-electron chi connectivity index (χ4n) is 2.51. The molecule has 0 amide bonds. The molecule has 24 heavy (non-hydrogen) atoms. The molecule has 6 nitrogen and oxygen atoms in total. The second-order valence-electron chi connectivity index (χ2n) is 6.04. The second kappa shape index (κ2) is 12.8. The van der Waals surface area contributed by atoms with E-state index in [0.29, 0.717) is 6.54 Å². The Balaban J connectivity index is 2.08. The molecule has 1 aromatic rings. The molecule has 0 saturated heterocycles. The minimum atomic E-state index is -1.95. The SMILES string of the molecule is CCCCCCCCCCCCn1nnc(C(F)C(=O)OCC)n1. The molecule has 0 fully saturated rings. The van der Waals surface area contributed by atoms with Gasteiger partial charge in [0.15, 0.2) is 0 Å². The largest absolute Gasteiger partial charge is 0.463 e. The number of nitrogens with zero attached hydrogens (tertiary/aromatic N) is 4. The van der Waals surface area contributed by atoms with Gasteiger partial charge in [-0.2, -0.15) is 4.80 Å². The maximum Gasteiger partial charge on any atom is 0.348 e. The smallest absolute Gasteiger partial charge is 0.348 e. The summed E-state index contributed by atoms with van der Waals surface area (Å²) >= 11 is 0. The number of aryl methyl sites for hydroxylation is 1. The predicted octanol–water partition coefficient (Wildman–Crippen LogP) is 4.17. The number of rotatable bonds is 14. The first-order valence-electron chi connectivity index (χ1n) is 9.27. The van der Waals surface area contributed by atoms with Crippen molar-refractivity contribution in [2.24, 2.45) is 0 Å². The van der Waals surface area contributed by atoms with Gasteiger partial charge in [0.05, 0.1) is 13.2 Å². The number of aromatic nitrogens is 4. The maximum absolute atomic E-state index is 13.7. The van der Waals surface area contributed by atoms with Crippen LogP contribution in [0.25, 0.3) is 0 Å². The number of unbranched alkanes of at least 4 members (excludes halogenated alkanes) is 9. The minimum Gasteiger partial charge on any atom is -0.463 e. The molecule has 0 aromatic carbocycles. The number of hydrogen-bond donors (Lipinski definition) is 0. The lowest BCUT2D eigenvalue weighted by atomic mass is 10.1. The van der Waals surface area contributed by atoms with Gasteiger partial charge in [-0.25, -0.2) is 9.18 Å². The van der Waals surface area contributed by atoms with E-state index in [1.54, 1.807) is 6.92 Å². The summed E-state index contributed by atoms with van der Waals surface area (Å²) in [6, 6.07) is 0. The molecular formula is C17H31FN4O2. The summed E-state index contributed by atoms with van der Waals surface area (Å²) < 4.78 is 18.3. The lowest BCUT2D eigenvalue weighted by Gasteiger charge is -2.03.